The highest BCUT2D eigenvalue weighted by atomic mass is 32.1. The number of para-hydroxylation sites is 1. The summed E-state index contributed by atoms with van der Waals surface area (Å²) in [5.41, 5.74) is 2.38. The number of hydrogen-bond donors (Lipinski definition) is 1. The number of nitrogens with one attached hydrogen (secondary N) is 1. The number of carbonyl (C=O) groups excluding carboxylic acids is 2. The Morgan fingerprint density at radius 3 is 2.88 bits per heavy atom. The lowest BCUT2D eigenvalue weighted by molar-refractivity contribution is 0.0277. The highest BCUT2D eigenvalue weighted by Gasteiger charge is 2.33. The third-order valence-electron chi connectivity index (χ3n) is 5.34. The fourth-order valence-electron chi connectivity index (χ4n) is 3.77. The van der Waals surface area contributed by atoms with E-state index in [1.807, 2.05) is 6.92 Å². The molecule has 0 saturated carbocycles. The molecule has 2 aromatic carbocycles. The Morgan fingerprint density at radius 1 is 1.24 bits per heavy atom. The number of benzene rings is 2. The highest BCUT2D eigenvalue weighted by Crippen LogP contribution is 2.32. The second kappa shape index (κ2) is 8.72. The molecule has 1 unspecified atom stereocenters. The summed E-state index contributed by atoms with van der Waals surface area (Å²) >= 11 is 1.37. The Kier molecular flexibility index (Phi) is 5.61. The van der Waals surface area contributed by atoms with Crippen molar-refractivity contribution in [3.05, 3.63) is 70.9 Å². The van der Waals surface area contributed by atoms with Crippen molar-refractivity contribution in [2.75, 3.05) is 19.7 Å². The molecule has 4 aromatic rings. The van der Waals surface area contributed by atoms with Crippen molar-refractivity contribution < 1.29 is 23.1 Å². The first-order valence-corrected chi connectivity index (χ1v) is 11.1. The largest absolute Gasteiger partial charge is 0.443 e. The first-order chi connectivity index (χ1) is 16.0. The summed E-state index contributed by atoms with van der Waals surface area (Å²) in [5, 5.41) is 3.54. The maximum Gasteiger partial charge on any atom is 0.276 e. The van der Waals surface area contributed by atoms with E-state index in [1.54, 1.807) is 35.2 Å². The lowest BCUT2D eigenvalue weighted by Crippen LogP contribution is -2.44. The van der Waals surface area contributed by atoms with E-state index in [0.717, 1.165) is 10.6 Å². The molecule has 0 bridgehead atoms. The number of hydrogen-bond acceptors (Lipinski definition) is 7. The smallest absolute Gasteiger partial charge is 0.276 e. The minimum atomic E-state index is -0.638. The molecule has 0 spiro atoms. The Hall–Kier alpha value is -3.63. The van der Waals surface area contributed by atoms with E-state index in [4.69, 9.17) is 9.15 Å². The molecule has 5 rings (SSSR count). The third-order valence-corrected chi connectivity index (χ3v) is 6.36. The van der Waals surface area contributed by atoms with Crippen LogP contribution in [-0.2, 0) is 4.74 Å². The summed E-state index contributed by atoms with van der Waals surface area (Å²) in [4.78, 5) is 36.9. The van der Waals surface area contributed by atoms with Gasteiger partial charge in [0.2, 0.25) is 0 Å². The summed E-state index contributed by atoms with van der Waals surface area (Å²) in [7, 11) is 0. The van der Waals surface area contributed by atoms with E-state index < -0.39 is 6.23 Å². The van der Waals surface area contributed by atoms with Crippen LogP contribution in [0.15, 0.2) is 53.3 Å². The molecule has 1 saturated heterocycles. The monoisotopic (exact) mass is 466 g/mol. The van der Waals surface area contributed by atoms with Crippen molar-refractivity contribution in [1.29, 1.82) is 0 Å². The van der Waals surface area contributed by atoms with Crippen LogP contribution in [0.1, 0.15) is 25.9 Å². The Bertz CT molecular complexity index is 1330. The highest BCUT2D eigenvalue weighted by molar-refractivity contribution is 7.15. The summed E-state index contributed by atoms with van der Waals surface area (Å²) in [6, 6.07) is 11.1. The molecular weight excluding hydrogens is 447 g/mol. The summed E-state index contributed by atoms with van der Waals surface area (Å²) in [6.07, 6.45) is 0.650. The lowest BCUT2D eigenvalue weighted by Gasteiger charge is -2.23. The molecule has 10 heteroatoms. The van der Waals surface area contributed by atoms with Gasteiger partial charge in [0.25, 0.3) is 11.8 Å². The van der Waals surface area contributed by atoms with Crippen molar-refractivity contribution in [1.82, 2.24) is 20.2 Å². The predicted molar refractivity (Wildman–Crippen MR) is 119 cm³/mol. The summed E-state index contributed by atoms with van der Waals surface area (Å²) in [5.74, 6) is -0.985. The lowest BCUT2D eigenvalue weighted by atomic mass is 10.1. The molecule has 168 valence electrons. The molecule has 8 nitrogen and oxygen atoms in total. The zero-order valence-corrected chi connectivity index (χ0v) is 18.4. The number of nitrogens with zero attached hydrogens (tertiary/aromatic N) is 3. The van der Waals surface area contributed by atoms with Crippen molar-refractivity contribution >= 4 is 34.3 Å². The van der Waals surface area contributed by atoms with Crippen molar-refractivity contribution in [3.8, 4) is 10.4 Å². The molecule has 0 radical (unpaired) electrons. The average Bonchev–Trinajstić information content (AvgIpc) is 3.56. The van der Waals surface area contributed by atoms with E-state index >= 15 is 0 Å². The second-order valence-corrected chi connectivity index (χ2v) is 8.66. The van der Waals surface area contributed by atoms with Gasteiger partial charge >= 0.3 is 0 Å². The van der Waals surface area contributed by atoms with E-state index in [2.05, 4.69) is 15.3 Å². The van der Waals surface area contributed by atoms with Gasteiger partial charge in [0.05, 0.1) is 28.6 Å². The van der Waals surface area contributed by atoms with Gasteiger partial charge in [-0.25, -0.2) is 14.4 Å². The molecule has 2 amide bonds. The zero-order valence-electron chi connectivity index (χ0n) is 17.6. The van der Waals surface area contributed by atoms with Gasteiger partial charge in [0.15, 0.2) is 12.0 Å². The second-order valence-electron chi connectivity index (χ2n) is 7.46. The van der Waals surface area contributed by atoms with Crippen LogP contribution in [0.3, 0.4) is 0 Å². The fourth-order valence-corrected chi connectivity index (χ4v) is 4.69. The topological polar surface area (TPSA) is 97.6 Å². The molecular formula is C23H19FN4O4S. The van der Waals surface area contributed by atoms with Crippen LogP contribution in [-0.4, -0.2) is 52.6 Å². The molecule has 2 aromatic heterocycles. The number of aromatic nitrogens is 2. The molecule has 1 aliphatic heterocycles. The number of carbonyl (C=O) groups is 2. The van der Waals surface area contributed by atoms with Gasteiger partial charge in [-0.05, 0) is 36.8 Å². The normalized spacial score (nSPS) is 15.8. The van der Waals surface area contributed by atoms with Crippen LogP contribution >= 0.6 is 11.3 Å². The number of halogens is 1. The van der Waals surface area contributed by atoms with E-state index in [-0.39, 0.29) is 24.2 Å². The van der Waals surface area contributed by atoms with Crippen molar-refractivity contribution in [2.24, 2.45) is 0 Å². The summed E-state index contributed by atoms with van der Waals surface area (Å²) in [6.45, 7) is 2.64. The first kappa shape index (κ1) is 21.2. The Balaban J connectivity index is 1.33. The maximum atomic E-state index is 13.4. The molecule has 33 heavy (non-hydrogen) atoms. The number of fused-ring (bicyclic) bond motifs is 1. The van der Waals surface area contributed by atoms with E-state index in [9.17, 15) is 14.0 Å². The van der Waals surface area contributed by atoms with Crippen LogP contribution in [0.25, 0.3) is 21.5 Å². The fraction of sp³-hybridized carbons (Fsp3) is 0.217. The van der Waals surface area contributed by atoms with Gasteiger partial charge in [-0.3, -0.25) is 9.59 Å². The molecule has 1 aliphatic rings. The average molecular weight is 466 g/mol. The van der Waals surface area contributed by atoms with Gasteiger partial charge in [0.1, 0.15) is 23.3 Å². The number of oxazole rings is 1. The number of amides is 2. The third kappa shape index (κ3) is 4.10. The van der Waals surface area contributed by atoms with E-state index in [1.165, 1.54) is 29.9 Å². The molecule has 0 aliphatic carbocycles. The number of thiazole rings is 1. The molecule has 1 fully saturated rings. The SMILES string of the molecule is Cc1nc(C(=O)N2CCOC2CNC(=O)c2cccc3ocnc23)c(-c2ccc(F)cc2)s1. The van der Waals surface area contributed by atoms with E-state index in [0.29, 0.717) is 40.4 Å². The Morgan fingerprint density at radius 2 is 2.06 bits per heavy atom. The molecule has 3 heterocycles. The number of aryl methyl sites for hydroxylation is 1. The van der Waals surface area contributed by atoms with Crippen LogP contribution in [0.2, 0.25) is 0 Å². The van der Waals surface area contributed by atoms with Gasteiger partial charge in [-0.2, -0.15) is 0 Å². The predicted octanol–water partition coefficient (Wildman–Crippen LogP) is 3.63. The quantitative estimate of drug-likeness (QED) is 0.483. The van der Waals surface area contributed by atoms with Gasteiger partial charge in [-0.15, -0.1) is 11.3 Å². The van der Waals surface area contributed by atoms with Gasteiger partial charge < -0.3 is 19.4 Å². The first-order valence-electron chi connectivity index (χ1n) is 10.3. The number of ether oxygens (including phenoxy) is 1. The Labute approximate surface area is 192 Å². The van der Waals surface area contributed by atoms with Crippen LogP contribution in [0, 0.1) is 12.7 Å². The van der Waals surface area contributed by atoms with Crippen LogP contribution in [0.5, 0.6) is 0 Å². The molecule has 1 N–H and O–H groups in total. The van der Waals surface area contributed by atoms with Crippen molar-refractivity contribution in [2.45, 2.75) is 13.2 Å². The van der Waals surface area contributed by atoms with Crippen molar-refractivity contribution in [3.63, 3.8) is 0 Å². The standard InChI is InChI=1S/C23H19FN4O4S/c1-13-27-20(21(33-13)14-5-7-15(24)8-6-14)23(30)28-9-10-31-18(28)11-25-22(29)16-3-2-4-17-19(16)26-12-32-17/h2-8,12,18H,9-11H2,1H3,(H,25,29). The van der Waals surface area contributed by atoms with Crippen LogP contribution in [0.4, 0.5) is 4.39 Å². The zero-order chi connectivity index (χ0) is 22.9. The molecule has 1 atom stereocenters. The minimum absolute atomic E-state index is 0.105. The number of rotatable bonds is 5. The summed E-state index contributed by atoms with van der Waals surface area (Å²) < 4.78 is 24.3. The van der Waals surface area contributed by atoms with Gasteiger partial charge in [-0.1, -0.05) is 18.2 Å². The maximum absolute atomic E-state index is 13.4. The van der Waals surface area contributed by atoms with Gasteiger partial charge in [0, 0.05) is 6.54 Å². The van der Waals surface area contributed by atoms with Crippen LogP contribution < -0.4 is 5.32 Å². The minimum Gasteiger partial charge on any atom is -0.443 e.